The summed E-state index contributed by atoms with van der Waals surface area (Å²) >= 11 is 1.76. The van der Waals surface area contributed by atoms with Gasteiger partial charge in [0.25, 0.3) is 0 Å². The van der Waals surface area contributed by atoms with Crippen LogP contribution in [0.1, 0.15) is 0 Å². The smallest absolute Gasteiger partial charge is 0.0352 e. The first kappa shape index (κ1) is 8.62. The molecule has 0 saturated carbocycles. The van der Waals surface area contributed by atoms with Crippen LogP contribution in [-0.2, 0) is 0 Å². The Morgan fingerprint density at radius 2 is 2.00 bits per heavy atom. The van der Waals surface area contributed by atoms with E-state index in [0.717, 1.165) is 0 Å². The third kappa shape index (κ3) is 1.43. The molecule has 0 aliphatic heterocycles. The predicted octanol–water partition coefficient (Wildman–Crippen LogP) is 3.96. The molecule has 0 saturated heterocycles. The topological polar surface area (TPSA) is 12.9 Å². The highest BCUT2D eigenvalue weighted by atomic mass is 32.1. The molecule has 0 radical (unpaired) electrons. The van der Waals surface area contributed by atoms with Crippen molar-refractivity contribution in [2.45, 2.75) is 0 Å². The van der Waals surface area contributed by atoms with Gasteiger partial charge < -0.3 is 0 Å². The van der Waals surface area contributed by atoms with Crippen LogP contribution in [0.3, 0.4) is 0 Å². The van der Waals surface area contributed by atoms with Gasteiger partial charge in [0.05, 0.1) is 0 Å². The van der Waals surface area contributed by atoms with Crippen LogP contribution in [0.5, 0.6) is 0 Å². The van der Waals surface area contributed by atoms with Crippen molar-refractivity contribution in [2.24, 2.45) is 0 Å². The molecular formula is C13H9NS. The number of aromatic nitrogens is 1. The first-order valence-electron chi connectivity index (χ1n) is 4.82. The maximum absolute atomic E-state index is 4.19. The van der Waals surface area contributed by atoms with E-state index in [1.54, 1.807) is 11.3 Å². The summed E-state index contributed by atoms with van der Waals surface area (Å²) < 4.78 is 0. The lowest BCUT2D eigenvalue weighted by molar-refractivity contribution is 1.36. The van der Waals surface area contributed by atoms with Gasteiger partial charge in [0.1, 0.15) is 0 Å². The van der Waals surface area contributed by atoms with Gasteiger partial charge >= 0.3 is 0 Å². The van der Waals surface area contributed by atoms with Crippen molar-refractivity contribution >= 4 is 22.1 Å². The Kier molecular flexibility index (Phi) is 2.00. The number of pyridine rings is 1. The fraction of sp³-hybridized carbons (Fsp3) is 0. The minimum absolute atomic E-state index is 1.22. The Bertz CT molecular complexity index is 579. The second kappa shape index (κ2) is 3.48. The number of nitrogens with zero attached hydrogens (tertiary/aromatic N) is 1. The summed E-state index contributed by atoms with van der Waals surface area (Å²) in [6.07, 6.45) is 3.77. The van der Waals surface area contributed by atoms with E-state index in [1.165, 1.54) is 21.2 Å². The molecule has 0 unspecified atom stereocenters. The molecule has 0 amide bonds. The highest BCUT2D eigenvalue weighted by Crippen LogP contribution is 2.30. The lowest BCUT2D eigenvalue weighted by atomic mass is 10.1. The Morgan fingerprint density at radius 3 is 2.87 bits per heavy atom. The summed E-state index contributed by atoms with van der Waals surface area (Å²) in [6.45, 7) is 0. The summed E-state index contributed by atoms with van der Waals surface area (Å²) in [4.78, 5) is 5.49. The average molecular weight is 211 g/mol. The van der Waals surface area contributed by atoms with Gasteiger partial charge in [0, 0.05) is 28.2 Å². The molecule has 0 fully saturated rings. The van der Waals surface area contributed by atoms with Crippen LogP contribution in [0.25, 0.3) is 21.2 Å². The Labute approximate surface area is 92.0 Å². The molecule has 0 aliphatic carbocycles. The molecule has 0 spiro atoms. The first-order valence-corrected chi connectivity index (χ1v) is 5.70. The monoisotopic (exact) mass is 211 g/mol. The molecule has 72 valence electrons. The lowest BCUT2D eigenvalue weighted by Gasteiger charge is -2.02. The summed E-state index contributed by atoms with van der Waals surface area (Å²) in [5.41, 5.74) is 1.27. The van der Waals surface area contributed by atoms with Crippen LogP contribution >= 0.6 is 11.3 Å². The van der Waals surface area contributed by atoms with E-state index >= 15 is 0 Å². The van der Waals surface area contributed by atoms with E-state index in [-0.39, 0.29) is 0 Å². The summed E-state index contributed by atoms with van der Waals surface area (Å²) in [7, 11) is 0. The molecule has 0 bridgehead atoms. The molecule has 0 N–H and O–H groups in total. The molecule has 15 heavy (non-hydrogen) atoms. The molecule has 3 aromatic rings. The second-order valence-corrected chi connectivity index (χ2v) is 4.33. The molecular weight excluding hydrogens is 202 g/mol. The van der Waals surface area contributed by atoms with Crippen molar-refractivity contribution in [3.63, 3.8) is 0 Å². The van der Waals surface area contributed by atoms with Gasteiger partial charge in [-0.1, -0.05) is 24.3 Å². The van der Waals surface area contributed by atoms with E-state index in [0.29, 0.717) is 0 Å². The highest BCUT2D eigenvalue weighted by molar-refractivity contribution is 7.13. The summed E-state index contributed by atoms with van der Waals surface area (Å²) in [5.74, 6) is 0. The zero-order valence-corrected chi connectivity index (χ0v) is 8.87. The largest absolute Gasteiger partial charge is 0.264 e. The van der Waals surface area contributed by atoms with Crippen LogP contribution in [0.4, 0.5) is 0 Å². The standard InChI is InChI=1S/C13H9NS/c1-3-10-6-7-14-9-12(10)11(4-1)13-5-2-8-15-13/h1-9H. The SMILES string of the molecule is c1csc(-c2cccc3ccncc23)c1. The van der Waals surface area contributed by atoms with E-state index in [2.05, 4.69) is 40.7 Å². The number of rotatable bonds is 1. The maximum Gasteiger partial charge on any atom is 0.0352 e. The van der Waals surface area contributed by atoms with Crippen molar-refractivity contribution in [2.75, 3.05) is 0 Å². The van der Waals surface area contributed by atoms with Gasteiger partial charge in [-0.2, -0.15) is 0 Å². The third-order valence-electron chi connectivity index (χ3n) is 2.47. The Balaban J connectivity index is 2.36. The Morgan fingerprint density at radius 1 is 1.00 bits per heavy atom. The number of thiophene rings is 1. The van der Waals surface area contributed by atoms with E-state index in [9.17, 15) is 0 Å². The molecule has 1 aromatic carbocycles. The normalized spacial score (nSPS) is 10.7. The van der Waals surface area contributed by atoms with E-state index in [4.69, 9.17) is 0 Å². The average Bonchev–Trinajstić information content (AvgIpc) is 2.82. The first-order chi connectivity index (χ1) is 7.45. The van der Waals surface area contributed by atoms with Gasteiger partial charge in [0.15, 0.2) is 0 Å². The molecule has 1 nitrogen and oxygen atoms in total. The van der Waals surface area contributed by atoms with Crippen molar-refractivity contribution < 1.29 is 0 Å². The molecule has 2 heteroatoms. The van der Waals surface area contributed by atoms with Gasteiger partial charge in [0.2, 0.25) is 0 Å². The van der Waals surface area contributed by atoms with Crippen LogP contribution in [-0.4, -0.2) is 4.98 Å². The molecule has 3 rings (SSSR count). The fourth-order valence-electron chi connectivity index (χ4n) is 1.76. The summed E-state index contributed by atoms with van der Waals surface area (Å²) in [6, 6.07) is 12.6. The molecule has 0 atom stereocenters. The molecule has 2 heterocycles. The highest BCUT2D eigenvalue weighted by Gasteiger charge is 2.03. The van der Waals surface area contributed by atoms with Crippen LogP contribution in [0.2, 0.25) is 0 Å². The van der Waals surface area contributed by atoms with Crippen LogP contribution in [0.15, 0.2) is 54.2 Å². The minimum Gasteiger partial charge on any atom is -0.264 e. The minimum atomic E-state index is 1.22. The van der Waals surface area contributed by atoms with Gasteiger partial charge in [-0.15, -0.1) is 11.3 Å². The number of fused-ring (bicyclic) bond motifs is 1. The number of benzene rings is 1. The number of hydrogen-bond acceptors (Lipinski definition) is 2. The fourth-order valence-corrected chi connectivity index (χ4v) is 2.53. The quantitative estimate of drug-likeness (QED) is 0.593. The van der Waals surface area contributed by atoms with Crippen LogP contribution < -0.4 is 0 Å². The predicted molar refractivity (Wildman–Crippen MR) is 65.1 cm³/mol. The number of hydrogen-bond donors (Lipinski definition) is 0. The molecule has 2 aromatic heterocycles. The Hall–Kier alpha value is -1.67. The molecule has 0 aliphatic rings. The van der Waals surface area contributed by atoms with Crippen molar-refractivity contribution in [1.82, 2.24) is 4.98 Å². The van der Waals surface area contributed by atoms with Gasteiger partial charge in [-0.3, -0.25) is 4.98 Å². The van der Waals surface area contributed by atoms with Gasteiger partial charge in [-0.05, 0) is 22.9 Å². The van der Waals surface area contributed by atoms with E-state index < -0.39 is 0 Å². The van der Waals surface area contributed by atoms with Crippen LogP contribution in [0, 0.1) is 0 Å². The van der Waals surface area contributed by atoms with Crippen molar-refractivity contribution in [3.05, 3.63) is 54.2 Å². The second-order valence-electron chi connectivity index (χ2n) is 3.38. The zero-order chi connectivity index (χ0) is 10.1. The van der Waals surface area contributed by atoms with Crippen molar-refractivity contribution in [1.29, 1.82) is 0 Å². The lowest BCUT2D eigenvalue weighted by Crippen LogP contribution is -1.79. The van der Waals surface area contributed by atoms with Crippen molar-refractivity contribution in [3.8, 4) is 10.4 Å². The maximum atomic E-state index is 4.19. The van der Waals surface area contributed by atoms with Gasteiger partial charge in [-0.25, -0.2) is 0 Å². The zero-order valence-electron chi connectivity index (χ0n) is 8.05. The third-order valence-corrected chi connectivity index (χ3v) is 3.37. The van der Waals surface area contributed by atoms with E-state index in [1.807, 2.05) is 18.5 Å². The summed E-state index contributed by atoms with van der Waals surface area (Å²) in [5, 5.41) is 4.57.